The first kappa shape index (κ1) is 13.7. The first-order chi connectivity index (χ1) is 8.75. The van der Waals surface area contributed by atoms with Gasteiger partial charge in [0.05, 0.1) is 0 Å². The Morgan fingerprint density at radius 2 is 2.00 bits per heavy atom. The number of hydrogen-bond acceptors (Lipinski definition) is 2. The lowest BCUT2D eigenvalue weighted by atomic mass is 9.95. The van der Waals surface area contributed by atoms with Crippen molar-refractivity contribution < 1.29 is 4.79 Å². The third-order valence-electron chi connectivity index (χ3n) is 4.21. The van der Waals surface area contributed by atoms with Gasteiger partial charge in [0.1, 0.15) is 0 Å². The number of nitrogens with one attached hydrogen (secondary N) is 2. The van der Waals surface area contributed by atoms with Crippen LogP contribution in [-0.2, 0) is 0 Å². The highest BCUT2D eigenvalue weighted by Gasteiger charge is 2.21. The summed E-state index contributed by atoms with van der Waals surface area (Å²) in [5.41, 5.74) is 0. The molecule has 18 heavy (non-hydrogen) atoms. The molecule has 4 heteroatoms. The van der Waals surface area contributed by atoms with Gasteiger partial charge in [0.25, 0.3) is 0 Å². The average molecular weight is 253 g/mol. The smallest absolute Gasteiger partial charge is 0.317 e. The van der Waals surface area contributed by atoms with Gasteiger partial charge in [-0.15, -0.1) is 0 Å². The predicted molar refractivity (Wildman–Crippen MR) is 73.6 cm³/mol. The number of carbonyl (C=O) groups excluding carboxylic acids is 1. The van der Waals surface area contributed by atoms with E-state index in [1.54, 1.807) is 0 Å². The standard InChI is InChI=1S/C14H27N3O/c1-17(11-12-6-5-9-15-10-12)14(18)16-13-7-3-2-4-8-13/h12-13,15H,2-11H2,1H3,(H,16,18). The second kappa shape index (κ2) is 6.98. The lowest BCUT2D eigenvalue weighted by Gasteiger charge is -2.30. The van der Waals surface area contributed by atoms with E-state index < -0.39 is 0 Å². The van der Waals surface area contributed by atoms with Crippen LogP contribution < -0.4 is 10.6 Å². The van der Waals surface area contributed by atoms with Crippen LogP contribution in [0.1, 0.15) is 44.9 Å². The SMILES string of the molecule is CN(CC1CCCNC1)C(=O)NC1CCCCC1. The van der Waals surface area contributed by atoms with Crippen molar-refractivity contribution in [3.63, 3.8) is 0 Å². The minimum absolute atomic E-state index is 0.118. The van der Waals surface area contributed by atoms with Gasteiger partial charge in [-0.2, -0.15) is 0 Å². The van der Waals surface area contributed by atoms with Gasteiger partial charge in [-0.1, -0.05) is 19.3 Å². The van der Waals surface area contributed by atoms with Gasteiger partial charge in [-0.25, -0.2) is 4.79 Å². The summed E-state index contributed by atoms with van der Waals surface area (Å²) in [5, 5.41) is 6.58. The largest absolute Gasteiger partial charge is 0.335 e. The molecule has 0 aromatic heterocycles. The Bertz CT molecular complexity index is 258. The van der Waals surface area contributed by atoms with Crippen molar-refractivity contribution in [1.82, 2.24) is 15.5 Å². The molecule has 4 nitrogen and oxygen atoms in total. The molecule has 1 unspecified atom stereocenters. The van der Waals surface area contributed by atoms with E-state index in [4.69, 9.17) is 0 Å². The highest BCUT2D eigenvalue weighted by atomic mass is 16.2. The van der Waals surface area contributed by atoms with Crippen molar-refractivity contribution >= 4 is 6.03 Å². The van der Waals surface area contributed by atoms with Crippen molar-refractivity contribution in [1.29, 1.82) is 0 Å². The van der Waals surface area contributed by atoms with Crippen LogP contribution in [0.25, 0.3) is 0 Å². The number of urea groups is 1. The lowest BCUT2D eigenvalue weighted by Crippen LogP contribution is -2.46. The molecule has 1 heterocycles. The third-order valence-corrected chi connectivity index (χ3v) is 4.21. The Balaban J connectivity index is 1.69. The van der Waals surface area contributed by atoms with E-state index >= 15 is 0 Å². The quantitative estimate of drug-likeness (QED) is 0.807. The summed E-state index contributed by atoms with van der Waals surface area (Å²) < 4.78 is 0. The van der Waals surface area contributed by atoms with E-state index in [-0.39, 0.29) is 6.03 Å². The maximum absolute atomic E-state index is 12.1. The zero-order valence-electron chi connectivity index (χ0n) is 11.6. The van der Waals surface area contributed by atoms with Crippen LogP contribution in [0, 0.1) is 5.92 Å². The van der Waals surface area contributed by atoms with Crippen LogP contribution >= 0.6 is 0 Å². The molecule has 1 saturated carbocycles. The molecule has 1 aliphatic heterocycles. The fourth-order valence-corrected chi connectivity index (χ4v) is 3.08. The molecule has 2 rings (SSSR count). The number of carbonyl (C=O) groups is 1. The van der Waals surface area contributed by atoms with Gasteiger partial charge in [0.2, 0.25) is 0 Å². The molecular weight excluding hydrogens is 226 g/mol. The normalized spacial score (nSPS) is 25.7. The molecule has 104 valence electrons. The second-order valence-corrected chi connectivity index (χ2v) is 5.88. The van der Waals surface area contributed by atoms with Crippen LogP contribution in [0.5, 0.6) is 0 Å². The van der Waals surface area contributed by atoms with E-state index in [1.807, 2.05) is 11.9 Å². The molecule has 2 N–H and O–H groups in total. The summed E-state index contributed by atoms with van der Waals surface area (Å²) in [6, 6.07) is 0.533. The van der Waals surface area contributed by atoms with Gasteiger partial charge < -0.3 is 15.5 Å². The Morgan fingerprint density at radius 1 is 1.22 bits per heavy atom. The summed E-state index contributed by atoms with van der Waals surface area (Å²) in [7, 11) is 1.92. The second-order valence-electron chi connectivity index (χ2n) is 5.88. The lowest BCUT2D eigenvalue weighted by molar-refractivity contribution is 0.187. The van der Waals surface area contributed by atoms with Crippen molar-refractivity contribution in [3.8, 4) is 0 Å². The maximum atomic E-state index is 12.1. The summed E-state index contributed by atoms with van der Waals surface area (Å²) in [6.07, 6.45) is 8.66. The van der Waals surface area contributed by atoms with Crippen LogP contribution in [-0.4, -0.2) is 43.7 Å². The van der Waals surface area contributed by atoms with Crippen LogP contribution in [0.4, 0.5) is 4.79 Å². The molecule has 0 aromatic rings. The number of amides is 2. The van der Waals surface area contributed by atoms with Crippen molar-refractivity contribution in [2.45, 2.75) is 51.0 Å². The van der Waals surface area contributed by atoms with E-state index in [9.17, 15) is 4.79 Å². The molecule has 2 amide bonds. The van der Waals surface area contributed by atoms with Gasteiger partial charge in [-0.05, 0) is 44.7 Å². The van der Waals surface area contributed by atoms with Gasteiger partial charge in [0.15, 0.2) is 0 Å². The zero-order chi connectivity index (χ0) is 12.8. The Labute approximate surface area is 110 Å². The summed E-state index contributed by atoms with van der Waals surface area (Å²) in [5.74, 6) is 0.626. The molecule has 0 spiro atoms. The molecule has 1 saturated heterocycles. The van der Waals surface area contributed by atoms with Crippen LogP contribution in [0.2, 0.25) is 0 Å². The fourth-order valence-electron chi connectivity index (χ4n) is 3.08. The first-order valence-corrected chi connectivity index (χ1v) is 7.48. The maximum Gasteiger partial charge on any atom is 0.317 e. The Kier molecular flexibility index (Phi) is 5.29. The Morgan fingerprint density at radius 3 is 2.67 bits per heavy atom. The monoisotopic (exact) mass is 253 g/mol. The highest BCUT2D eigenvalue weighted by molar-refractivity contribution is 5.74. The van der Waals surface area contributed by atoms with Crippen molar-refractivity contribution in [3.05, 3.63) is 0 Å². The molecule has 1 atom stereocenters. The summed E-state index contributed by atoms with van der Waals surface area (Å²) in [4.78, 5) is 13.9. The minimum atomic E-state index is 0.118. The first-order valence-electron chi connectivity index (χ1n) is 7.48. The van der Waals surface area contributed by atoms with Crippen LogP contribution in [0.3, 0.4) is 0 Å². The van der Waals surface area contributed by atoms with Gasteiger partial charge >= 0.3 is 6.03 Å². The number of hydrogen-bond donors (Lipinski definition) is 2. The molecule has 2 fully saturated rings. The van der Waals surface area contributed by atoms with E-state index in [2.05, 4.69) is 10.6 Å². The summed E-state index contributed by atoms with van der Waals surface area (Å²) in [6.45, 7) is 3.07. The van der Waals surface area contributed by atoms with Crippen molar-refractivity contribution in [2.75, 3.05) is 26.7 Å². The molecular formula is C14H27N3O. The molecule has 0 aromatic carbocycles. The summed E-state index contributed by atoms with van der Waals surface area (Å²) >= 11 is 0. The average Bonchev–Trinajstić information content (AvgIpc) is 2.41. The van der Waals surface area contributed by atoms with E-state index in [0.29, 0.717) is 12.0 Å². The fraction of sp³-hybridized carbons (Fsp3) is 0.929. The van der Waals surface area contributed by atoms with Gasteiger partial charge in [-0.3, -0.25) is 0 Å². The van der Waals surface area contributed by atoms with Crippen molar-refractivity contribution in [2.24, 2.45) is 5.92 Å². The molecule has 1 aliphatic carbocycles. The van der Waals surface area contributed by atoms with Gasteiger partial charge in [0, 0.05) is 19.6 Å². The highest BCUT2D eigenvalue weighted by Crippen LogP contribution is 2.18. The molecule has 2 aliphatic rings. The number of piperidine rings is 1. The predicted octanol–water partition coefficient (Wildman–Crippen LogP) is 1.96. The Hall–Kier alpha value is -0.770. The number of rotatable bonds is 3. The molecule has 0 radical (unpaired) electrons. The number of nitrogens with zero attached hydrogens (tertiary/aromatic N) is 1. The zero-order valence-corrected chi connectivity index (χ0v) is 11.6. The molecule has 0 bridgehead atoms. The topological polar surface area (TPSA) is 44.4 Å². The van der Waals surface area contributed by atoms with Crippen LogP contribution in [0.15, 0.2) is 0 Å². The van der Waals surface area contributed by atoms with E-state index in [1.165, 1.54) is 32.1 Å². The minimum Gasteiger partial charge on any atom is -0.335 e. The van der Waals surface area contributed by atoms with E-state index in [0.717, 1.165) is 32.5 Å². The third kappa shape index (κ3) is 4.16.